The number of anilines is 1. The van der Waals surface area contributed by atoms with Crippen LogP contribution in [0.15, 0.2) is 60.9 Å². The van der Waals surface area contributed by atoms with Gasteiger partial charge in [0.25, 0.3) is 5.91 Å². The average molecular weight is 358 g/mol. The standard InChI is InChI=1S/C18H13ClFN3O2/c19-14-8-13(6-7-15(14)20)23-18(24)16-9-17(22-11-21-16)25-10-12-4-2-1-3-5-12/h1-9,11H,10H2,(H,23,24). The van der Waals surface area contributed by atoms with Crippen LogP contribution in [-0.4, -0.2) is 15.9 Å². The van der Waals surface area contributed by atoms with Crippen molar-refractivity contribution in [2.75, 3.05) is 5.32 Å². The van der Waals surface area contributed by atoms with Crippen LogP contribution in [0.25, 0.3) is 0 Å². The number of rotatable bonds is 5. The van der Waals surface area contributed by atoms with Crippen molar-refractivity contribution in [1.29, 1.82) is 0 Å². The van der Waals surface area contributed by atoms with Crippen molar-refractivity contribution in [2.45, 2.75) is 6.61 Å². The van der Waals surface area contributed by atoms with Gasteiger partial charge in [-0.15, -0.1) is 0 Å². The Hall–Kier alpha value is -2.99. The smallest absolute Gasteiger partial charge is 0.274 e. The molecule has 1 aromatic heterocycles. The van der Waals surface area contributed by atoms with Crippen LogP contribution in [0.2, 0.25) is 5.02 Å². The number of halogens is 2. The minimum absolute atomic E-state index is 0.0765. The molecule has 3 rings (SSSR count). The number of ether oxygens (including phenoxy) is 1. The highest BCUT2D eigenvalue weighted by molar-refractivity contribution is 6.31. The topological polar surface area (TPSA) is 64.1 Å². The first-order chi connectivity index (χ1) is 12.1. The Morgan fingerprint density at radius 3 is 2.68 bits per heavy atom. The zero-order valence-corrected chi connectivity index (χ0v) is 13.7. The minimum Gasteiger partial charge on any atom is -0.473 e. The van der Waals surface area contributed by atoms with Crippen LogP contribution in [0.5, 0.6) is 5.88 Å². The molecule has 1 amide bonds. The van der Waals surface area contributed by atoms with Gasteiger partial charge in [-0.3, -0.25) is 4.79 Å². The van der Waals surface area contributed by atoms with E-state index in [1.807, 2.05) is 30.3 Å². The lowest BCUT2D eigenvalue weighted by atomic mass is 10.2. The Bertz CT molecular complexity index is 890. The fraction of sp³-hybridized carbons (Fsp3) is 0.0556. The number of carbonyl (C=O) groups is 1. The Morgan fingerprint density at radius 1 is 1.12 bits per heavy atom. The zero-order chi connectivity index (χ0) is 17.6. The second-order valence-electron chi connectivity index (χ2n) is 5.10. The lowest BCUT2D eigenvalue weighted by Crippen LogP contribution is -2.14. The number of nitrogens with zero attached hydrogens (tertiary/aromatic N) is 2. The maximum Gasteiger partial charge on any atom is 0.274 e. The molecule has 1 N–H and O–H groups in total. The SMILES string of the molecule is O=C(Nc1ccc(F)c(Cl)c1)c1cc(OCc2ccccc2)ncn1. The summed E-state index contributed by atoms with van der Waals surface area (Å²) in [6.07, 6.45) is 1.24. The summed E-state index contributed by atoms with van der Waals surface area (Å²) < 4.78 is 18.7. The molecule has 0 unspecified atom stereocenters. The first kappa shape index (κ1) is 16.9. The van der Waals surface area contributed by atoms with E-state index in [9.17, 15) is 9.18 Å². The number of carbonyl (C=O) groups excluding carboxylic acids is 1. The third-order valence-electron chi connectivity index (χ3n) is 3.28. The predicted octanol–water partition coefficient (Wildman–Crippen LogP) is 4.10. The van der Waals surface area contributed by atoms with E-state index in [0.29, 0.717) is 12.3 Å². The Morgan fingerprint density at radius 2 is 1.92 bits per heavy atom. The van der Waals surface area contributed by atoms with E-state index in [1.165, 1.54) is 30.6 Å². The first-order valence-corrected chi connectivity index (χ1v) is 7.75. The summed E-state index contributed by atoms with van der Waals surface area (Å²) in [5, 5.41) is 2.51. The number of amides is 1. The van der Waals surface area contributed by atoms with Gasteiger partial charge in [0.1, 0.15) is 24.4 Å². The highest BCUT2D eigenvalue weighted by Crippen LogP contribution is 2.20. The molecule has 126 valence electrons. The highest BCUT2D eigenvalue weighted by atomic mass is 35.5. The molecule has 0 aliphatic carbocycles. The van der Waals surface area contributed by atoms with Gasteiger partial charge in [-0.25, -0.2) is 14.4 Å². The van der Waals surface area contributed by atoms with Crippen molar-refractivity contribution < 1.29 is 13.9 Å². The summed E-state index contributed by atoms with van der Waals surface area (Å²) in [6.45, 7) is 0.326. The second-order valence-corrected chi connectivity index (χ2v) is 5.51. The Labute approximate surface area is 148 Å². The fourth-order valence-electron chi connectivity index (χ4n) is 2.04. The van der Waals surface area contributed by atoms with Gasteiger partial charge in [0.05, 0.1) is 5.02 Å². The van der Waals surface area contributed by atoms with Gasteiger partial charge in [-0.2, -0.15) is 0 Å². The van der Waals surface area contributed by atoms with Crippen molar-refractivity contribution in [3.63, 3.8) is 0 Å². The third-order valence-corrected chi connectivity index (χ3v) is 3.57. The van der Waals surface area contributed by atoms with Crippen molar-refractivity contribution in [1.82, 2.24) is 9.97 Å². The van der Waals surface area contributed by atoms with E-state index in [4.69, 9.17) is 16.3 Å². The molecule has 0 fully saturated rings. The zero-order valence-electron chi connectivity index (χ0n) is 12.9. The number of nitrogens with one attached hydrogen (secondary N) is 1. The number of aromatic nitrogens is 2. The van der Waals surface area contributed by atoms with Gasteiger partial charge < -0.3 is 10.1 Å². The number of hydrogen-bond donors (Lipinski definition) is 1. The summed E-state index contributed by atoms with van der Waals surface area (Å²) in [5.74, 6) is -0.755. The van der Waals surface area contributed by atoms with E-state index >= 15 is 0 Å². The lowest BCUT2D eigenvalue weighted by Gasteiger charge is -2.08. The monoisotopic (exact) mass is 357 g/mol. The normalized spacial score (nSPS) is 10.3. The highest BCUT2D eigenvalue weighted by Gasteiger charge is 2.11. The van der Waals surface area contributed by atoms with Crippen molar-refractivity contribution >= 4 is 23.2 Å². The van der Waals surface area contributed by atoms with Gasteiger partial charge in [0.15, 0.2) is 0 Å². The summed E-state index contributed by atoms with van der Waals surface area (Å²) in [4.78, 5) is 20.1. The largest absolute Gasteiger partial charge is 0.473 e. The molecular formula is C18H13ClFN3O2. The van der Waals surface area contributed by atoms with Crippen LogP contribution < -0.4 is 10.1 Å². The molecule has 0 saturated heterocycles. The average Bonchev–Trinajstić information content (AvgIpc) is 2.64. The first-order valence-electron chi connectivity index (χ1n) is 7.37. The van der Waals surface area contributed by atoms with Crippen molar-refractivity contribution in [3.05, 3.63) is 83.0 Å². The molecular weight excluding hydrogens is 345 g/mol. The Balaban J connectivity index is 1.67. The van der Waals surface area contributed by atoms with Crippen molar-refractivity contribution in [3.8, 4) is 5.88 Å². The number of hydrogen-bond acceptors (Lipinski definition) is 4. The summed E-state index contributed by atoms with van der Waals surface area (Å²) in [6, 6.07) is 14.9. The van der Waals surface area contributed by atoms with Gasteiger partial charge in [0, 0.05) is 11.8 Å². The van der Waals surface area contributed by atoms with E-state index in [2.05, 4.69) is 15.3 Å². The maximum absolute atomic E-state index is 13.2. The van der Waals surface area contributed by atoms with Gasteiger partial charge >= 0.3 is 0 Å². The summed E-state index contributed by atoms with van der Waals surface area (Å²) >= 11 is 5.70. The van der Waals surface area contributed by atoms with E-state index in [-0.39, 0.29) is 16.6 Å². The molecule has 0 atom stereocenters. The molecule has 3 aromatic rings. The van der Waals surface area contributed by atoms with Crippen LogP contribution in [0.1, 0.15) is 16.1 Å². The van der Waals surface area contributed by atoms with Crippen LogP contribution in [-0.2, 0) is 6.61 Å². The van der Waals surface area contributed by atoms with Crippen molar-refractivity contribution in [2.24, 2.45) is 0 Å². The van der Waals surface area contributed by atoms with Gasteiger partial charge in [-0.1, -0.05) is 41.9 Å². The van der Waals surface area contributed by atoms with Crippen LogP contribution >= 0.6 is 11.6 Å². The second kappa shape index (κ2) is 7.72. The Kier molecular flexibility index (Phi) is 5.20. The van der Waals surface area contributed by atoms with Gasteiger partial charge in [-0.05, 0) is 23.8 Å². The number of benzene rings is 2. The maximum atomic E-state index is 13.2. The van der Waals surface area contributed by atoms with Crippen LogP contribution in [0.4, 0.5) is 10.1 Å². The molecule has 0 spiro atoms. The molecule has 5 nitrogen and oxygen atoms in total. The lowest BCUT2D eigenvalue weighted by molar-refractivity contribution is 0.102. The summed E-state index contributed by atoms with van der Waals surface area (Å²) in [5.41, 5.74) is 1.47. The molecule has 0 aliphatic rings. The van der Waals surface area contributed by atoms with E-state index < -0.39 is 11.7 Å². The predicted molar refractivity (Wildman–Crippen MR) is 92.2 cm³/mol. The van der Waals surface area contributed by atoms with Crippen LogP contribution in [0.3, 0.4) is 0 Å². The van der Waals surface area contributed by atoms with Crippen LogP contribution in [0, 0.1) is 5.82 Å². The molecule has 2 aromatic carbocycles. The van der Waals surface area contributed by atoms with Gasteiger partial charge in [0.2, 0.25) is 5.88 Å². The van der Waals surface area contributed by atoms with E-state index in [1.54, 1.807) is 0 Å². The molecule has 25 heavy (non-hydrogen) atoms. The molecule has 1 heterocycles. The van der Waals surface area contributed by atoms with E-state index in [0.717, 1.165) is 5.56 Å². The molecule has 0 saturated carbocycles. The molecule has 0 aliphatic heterocycles. The quantitative estimate of drug-likeness (QED) is 0.746. The molecule has 7 heteroatoms. The fourth-order valence-corrected chi connectivity index (χ4v) is 2.22. The third kappa shape index (κ3) is 4.51. The summed E-state index contributed by atoms with van der Waals surface area (Å²) in [7, 11) is 0. The minimum atomic E-state index is -0.557. The molecule has 0 bridgehead atoms. The molecule has 0 radical (unpaired) electrons.